The van der Waals surface area contributed by atoms with Gasteiger partial charge in [0.05, 0.1) is 17.8 Å². The molecule has 1 heterocycles. The molecule has 0 saturated carbocycles. The Hall–Kier alpha value is -2.34. The van der Waals surface area contributed by atoms with Gasteiger partial charge in [0.15, 0.2) is 0 Å². The van der Waals surface area contributed by atoms with E-state index in [0.29, 0.717) is 12.8 Å². The summed E-state index contributed by atoms with van der Waals surface area (Å²) >= 11 is 1.72. The van der Waals surface area contributed by atoms with Crippen molar-refractivity contribution >= 4 is 23.6 Å². The Morgan fingerprint density at radius 1 is 1.06 bits per heavy atom. The summed E-state index contributed by atoms with van der Waals surface area (Å²) in [5.41, 5.74) is 2.12. The molecule has 178 valence electrons. The number of benzene rings is 2. The molecule has 2 aromatic rings. The van der Waals surface area contributed by atoms with Gasteiger partial charge in [-0.15, -0.1) is 11.8 Å². The van der Waals surface area contributed by atoms with Crippen LogP contribution in [0.4, 0.5) is 4.39 Å². The Bertz CT molecular complexity index is 891. The van der Waals surface area contributed by atoms with E-state index in [9.17, 15) is 14.0 Å². The lowest BCUT2D eigenvalue weighted by Gasteiger charge is -2.45. The van der Waals surface area contributed by atoms with Crippen molar-refractivity contribution in [3.8, 4) is 0 Å². The van der Waals surface area contributed by atoms with E-state index in [0.717, 1.165) is 43.4 Å². The highest BCUT2D eigenvalue weighted by Crippen LogP contribution is 2.35. The van der Waals surface area contributed by atoms with E-state index in [-0.39, 0.29) is 29.0 Å². The average molecular weight is 471 g/mol. The molecule has 0 bridgehead atoms. The van der Waals surface area contributed by atoms with E-state index >= 15 is 0 Å². The molecule has 1 saturated heterocycles. The van der Waals surface area contributed by atoms with E-state index in [4.69, 9.17) is 0 Å². The van der Waals surface area contributed by atoms with Gasteiger partial charge >= 0.3 is 0 Å². The van der Waals surface area contributed by atoms with Crippen LogP contribution in [0.5, 0.6) is 0 Å². The van der Waals surface area contributed by atoms with Crippen molar-refractivity contribution < 1.29 is 14.0 Å². The van der Waals surface area contributed by atoms with E-state index in [1.165, 1.54) is 17.7 Å². The molecule has 0 spiro atoms. The van der Waals surface area contributed by atoms with Crippen LogP contribution in [0, 0.1) is 5.82 Å². The summed E-state index contributed by atoms with van der Waals surface area (Å²) in [4.78, 5) is 27.8. The quantitative estimate of drug-likeness (QED) is 0.279. The molecule has 0 aromatic heterocycles. The second-order valence-electron chi connectivity index (χ2n) is 8.67. The largest absolute Gasteiger partial charge is 0.348 e. The topological polar surface area (TPSA) is 49.4 Å². The Kier molecular flexibility index (Phi) is 9.79. The molecule has 3 unspecified atom stereocenters. The molecule has 4 nitrogen and oxygen atoms in total. The van der Waals surface area contributed by atoms with Crippen molar-refractivity contribution in [3.63, 3.8) is 0 Å². The van der Waals surface area contributed by atoms with E-state index in [2.05, 4.69) is 24.4 Å². The van der Waals surface area contributed by atoms with Crippen LogP contribution < -0.4 is 5.32 Å². The summed E-state index contributed by atoms with van der Waals surface area (Å²) in [6.45, 7) is 4.18. The maximum absolute atomic E-state index is 13.5. The first-order valence-electron chi connectivity index (χ1n) is 12.1. The number of thioether (sulfide) groups is 1. The van der Waals surface area contributed by atoms with E-state index in [1.807, 2.05) is 25.1 Å². The summed E-state index contributed by atoms with van der Waals surface area (Å²) in [6, 6.07) is 15.9. The van der Waals surface area contributed by atoms with Gasteiger partial charge in [-0.3, -0.25) is 9.59 Å². The fourth-order valence-electron chi connectivity index (χ4n) is 4.24. The number of hydrogen-bond acceptors (Lipinski definition) is 3. The highest BCUT2D eigenvalue weighted by molar-refractivity contribution is 7.99. The number of nitrogens with one attached hydrogen (secondary N) is 1. The third kappa shape index (κ3) is 7.07. The molecule has 2 amide bonds. The van der Waals surface area contributed by atoms with Gasteiger partial charge in [0, 0.05) is 5.75 Å². The normalized spacial score (nSPS) is 17.4. The maximum Gasteiger partial charge on any atom is 0.243 e. The predicted octanol–water partition coefficient (Wildman–Crippen LogP) is 6.22. The molecule has 3 atom stereocenters. The van der Waals surface area contributed by atoms with Gasteiger partial charge in [-0.05, 0) is 36.1 Å². The SMILES string of the molecule is CCCCCC(NC(=O)C(CCC)N1C(=O)CC1SCc1ccccc1)c1ccc(F)cc1. The number of amides is 2. The fraction of sp³-hybridized carbons (Fsp3) is 0.481. The van der Waals surface area contributed by atoms with E-state index < -0.39 is 6.04 Å². The van der Waals surface area contributed by atoms with Crippen LogP contribution in [0.15, 0.2) is 54.6 Å². The van der Waals surface area contributed by atoms with Crippen LogP contribution in [-0.4, -0.2) is 28.1 Å². The lowest BCUT2D eigenvalue weighted by atomic mass is 9.98. The Morgan fingerprint density at radius 2 is 1.79 bits per heavy atom. The second kappa shape index (κ2) is 12.8. The van der Waals surface area contributed by atoms with Gasteiger partial charge in [0.1, 0.15) is 11.9 Å². The van der Waals surface area contributed by atoms with Crippen molar-refractivity contribution in [2.45, 2.75) is 82.0 Å². The number of likely N-dealkylation sites (tertiary alicyclic amines) is 1. The molecule has 0 aliphatic carbocycles. The number of unbranched alkanes of at least 4 members (excludes halogenated alkanes) is 2. The van der Waals surface area contributed by atoms with Crippen LogP contribution in [0.25, 0.3) is 0 Å². The lowest BCUT2D eigenvalue weighted by molar-refractivity contribution is -0.151. The maximum atomic E-state index is 13.5. The molecular formula is C27H35FN2O2S. The first kappa shape index (κ1) is 25.3. The van der Waals surface area contributed by atoms with Gasteiger partial charge in [-0.25, -0.2) is 4.39 Å². The van der Waals surface area contributed by atoms with Crippen molar-refractivity contribution in [3.05, 3.63) is 71.5 Å². The number of halogens is 1. The van der Waals surface area contributed by atoms with Gasteiger partial charge in [-0.1, -0.05) is 82.0 Å². The minimum Gasteiger partial charge on any atom is -0.348 e. The number of rotatable bonds is 13. The van der Waals surface area contributed by atoms with Crippen LogP contribution in [0.2, 0.25) is 0 Å². The predicted molar refractivity (Wildman–Crippen MR) is 133 cm³/mol. The molecule has 1 aliphatic heterocycles. The van der Waals surface area contributed by atoms with Crippen LogP contribution in [0.3, 0.4) is 0 Å². The number of β-lactam (4-membered cyclic amide) rings is 1. The molecule has 0 radical (unpaired) electrons. The molecule has 2 aromatic carbocycles. The molecule has 1 N–H and O–H groups in total. The summed E-state index contributed by atoms with van der Waals surface area (Å²) < 4.78 is 13.5. The van der Waals surface area contributed by atoms with Gasteiger partial charge < -0.3 is 10.2 Å². The van der Waals surface area contributed by atoms with Gasteiger partial charge in [0.25, 0.3) is 0 Å². The van der Waals surface area contributed by atoms with E-state index in [1.54, 1.807) is 28.8 Å². The Morgan fingerprint density at radius 3 is 2.42 bits per heavy atom. The van der Waals surface area contributed by atoms with Crippen molar-refractivity contribution in [1.82, 2.24) is 10.2 Å². The number of carbonyl (C=O) groups is 2. The van der Waals surface area contributed by atoms with Gasteiger partial charge in [-0.2, -0.15) is 0 Å². The number of nitrogens with zero attached hydrogens (tertiary/aromatic N) is 1. The Balaban J connectivity index is 1.69. The van der Waals surface area contributed by atoms with Gasteiger partial charge in [0.2, 0.25) is 11.8 Å². The van der Waals surface area contributed by atoms with Crippen LogP contribution >= 0.6 is 11.8 Å². The second-order valence-corrected chi connectivity index (χ2v) is 9.84. The molecular weight excluding hydrogens is 435 g/mol. The summed E-state index contributed by atoms with van der Waals surface area (Å²) in [5, 5.41) is 3.21. The third-order valence-corrected chi connectivity index (χ3v) is 7.40. The first-order chi connectivity index (χ1) is 16.0. The number of hydrogen-bond donors (Lipinski definition) is 1. The average Bonchev–Trinajstić information content (AvgIpc) is 2.82. The third-order valence-electron chi connectivity index (χ3n) is 6.12. The molecule has 6 heteroatoms. The molecule has 1 aliphatic rings. The minimum absolute atomic E-state index is 0.0179. The monoisotopic (exact) mass is 470 g/mol. The molecule has 3 rings (SSSR count). The zero-order chi connectivity index (χ0) is 23.6. The summed E-state index contributed by atoms with van der Waals surface area (Å²) in [6.07, 6.45) is 5.86. The molecule has 33 heavy (non-hydrogen) atoms. The highest BCUT2D eigenvalue weighted by Gasteiger charge is 2.43. The zero-order valence-corrected chi connectivity index (χ0v) is 20.5. The number of carbonyl (C=O) groups excluding carboxylic acids is 2. The highest BCUT2D eigenvalue weighted by atomic mass is 32.2. The van der Waals surface area contributed by atoms with Crippen molar-refractivity contribution in [1.29, 1.82) is 0 Å². The molecule has 1 fully saturated rings. The first-order valence-corrected chi connectivity index (χ1v) is 13.1. The van der Waals surface area contributed by atoms with Crippen LogP contribution in [0.1, 0.15) is 76.0 Å². The lowest BCUT2D eigenvalue weighted by Crippen LogP contribution is -2.60. The summed E-state index contributed by atoms with van der Waals surface area (Å²) in [5.74, 6) is 0.454. The summed E-state index contributed by atoms with van der Waals surface area (Å²) in [7, 11) is 0. The minimum atomic E-state index is -0.473. The standard InChI is InChI=1S/C27H35FN2O2S/c1-3-5-7-13-23(21-14-16-22(28)17-15-21)29-27(32)24(10-4-2)30-25(31)18-26(30)33-19-20-11-8-6-9-12-20/h6,8-9,11-12,14-17,23-24,26H,3-5,7,10,13,18-19H2,1-2H3,(H,29,32). The zero-order valence-electron chi connectivity index (χ0n) is 19.6. The van der Waals surface area contributed by atoms with Crippen molar-refractivity contribution in [2.75, 3.05) is 0 Å². The fourth-order valence-corrected chi connectivity index (χ4v) is 5.50. The van der Waals surface area contributed by atoms with Crippen molar-refractivity contribution in [2.24, 2.45) is 0 Å². The smallest absolute Gasteiger partial charge is 0.243 e. The van der Waals surface area contributed by atoms with Crippen LogP contribution in [-0.2, 0) is 15.3 Å². The Labute approximate surface area is 201 Å².